The molecule has 2 fully saturated rings. The number of likely N-dealkylation sites (N-methyl/N-ethyl adjacent to an activating group) is 1. The van der Waals surface area contributed by atoms with Gasteiger partial charge >= 0.3 is 5.97 Å². The summed E-state index contributed by atoms with van der Waals surface area (Å²) in [4.78, 5) is 40.3. The number of Topliss-reactive ketones (excluding diaryl/α,β-unsaturated/α-hetero) is 2. The number of carbonyl (C=O) groups is 3. The molecule has 0 aromatic heterocycles. The molecule has 2 heterocycles. The van der Waals surface area contributed by atoms with Gasteiger partial charge in [0.15, 0.2) is 12.1 Å². The van der Waals surface area contributed by atoms with Gasteiger partial charge in [0.2, 0.25) is 0 Å². The number of hydrogen-bond acceptors (Lipinski definition) is 11. The second-order valence-corrected chi connectivity index (χ2v) is 12.4. The van der Waals surface area contributed by atoms with Crippen molar-refractivity contribution < 1.29 is 53.0 Å². The number of aliphatic hydroxyl groups excluding tert-OH is 2. The molecule has 0 amide bonds. The molecule has 0 aliphatic carbocycles. The normalized spacial score (nSPS) is 47.5. The minimum atomic E-state index is -3.17. The van der Waals surface area contributed by atoms with E-state index in [9.17, 15) is 29.7 Å². The van der Waals surface area contributed by atoms with Crippen molar-refractivity contribution in [3.05, 3.63) is 0 Å². The van der Waals surface area contributed by atoms with E-state index < -0.39 is 88.9 Å². The number of hydrogen-bond donors (Lipinski definition) is 4. The molecule has 41 heavy (non-hydrogen) atoms. The van der Waals surface area contributed by atoms with Gasteiger partial charge in [-0.2, -0.15) is 0 Å². The highest BCUT2D eigenvalue weighted by Crippen LogP contribution is 2.39. The Labute approximate surface area is 242 Å². The number of ketones is 2. The van der Waals surface area contributed by atoms with E-state index in [2.05, 4.69) is 5.32 Å². The predicted octanol–water partition coefficient (Wildman–Crippen LogP) is 1.47. The molecule has 4 N–H and O–H groups in total. The molecule has 2 rings (SSSR count). The molecule has 238 valence electrons. The molecule has 12 heteroatoms. The quantitative estimate of drug-likeness (QED) is 0.271. The number of carbonyl (C=O) groups excluding carboxylic acids is 3. The Morgan fingerprint density at radius 3 is 2.17 bits per heavy atom. The van der Waals surface area contributed by atoms with Crippen LogP contribution in [0.25, 0.3) is 0 Å². The molecule has 0 spiro atoms. The third-order valence-electron chi connectivity index (χ3n) is 9.07. The third-order valence-corrected chi connectivity index (χ3v) is 9.07. The highest BCUT2D eigenvalue weighted by molar-refractivity contribution is 6.07. The van der Waals surface area contributed by atoms with Crippen LogP contribution in [0.2, 0.25) is 0 Å². The number of alkyl halides is 1. The maximum atomic E-state index is 16.1. The summed E-state index contributed by atoms with van der Waals surface area (Å²) in [5, 5.41) is 36.2. The van der Waals surface area contributed by atoms with Gasteiger partial charge in [-0.15, -0.1) is 0 Å². The topological polar surface area (TPSA) is 161 Å². The Morgan fingerprint density at radius 1 is 1.07 bits per heavy atom. The fraction of sp³-hybridized carbons (Fsp3) is 0.897. The number of ether oxygens (including phenoxy) is 4. The van der Waals surface area contributed by atoms with Crippen LogP contribution in [0.5, 0.6) is 0 Å². The second kappa shape index (κ2) is 13.4. The maximum Gasteiger partial charge on any atom is 0.351 e. The summed E-state index contributed by atoms with van der Waals surface area (Å²) in [5.74, 6) is -6.37. The van der Waals surface area contributed by atoms with Crippen molar-refractivity contribution in [2.45, 2.75) is 134 Å². The van der Waals surface area contributed by atoms with Crippen LogP contribution < -0.4 is 5.32 Å². The van der Waals surface area contributed by atoms with Crippen LogP contribution in [0.1, 0.15) is 74.7 Å². The van der Waals surface area contributed by atoms with E-state index in [-0.39, 0.29) is 18.9 Å². The Bertz CT molecular complexity index is 945. The van der Waals surface area contributed by atoms with Gasteiger partial charge in [-0.05, 0) is 54.0 Å². The number of nitrogens with one attached hydrogen (secondary N) is 1. The van der Waals surface area contributed by atoms with Crippen LogP contribution in [-0.4, -0.2) is 107 Å². The lowest BCUT2D eigenvalue weighted by atomic mass is 9.74. The first kappa shape index (κ1) is 35.7. The molecule has 2 aliphatic heterocycles. The number of halogens is 1. The molecule has 2 saturated heterocycles. The molecule has 13 atom stereocenters. The third kappa shape index (κ3) is 7.17. The van der Waals surface area contributed by atoms with Crippen LogP contribution in [-0.2, 0) is 33.3 Å². The zero-order chi connectivity index (χ0) is 31.7. The summed E-state index contributed by atoms with van der Waals surface area (Å²) in [5.41, 5.74) is -6.74. The van der Waals surface area contributed by atoms with E-state index in [1.165, 1.54) is 27.9 Å². The molecule has 2 aliphatic rings. The molecule has 0 aromatic carbocycles. The second-order valence-electron chi connectivity index (χ2n) is 12.4. The summed E-state index contributed by atoms with van der Waals surface area (Å²) < 4.78 is 39.4. The molecule has 0 unspecified atom stereocenters. The van der Waals surface area contributed by atoms with Gasteiger partial charge in [0.25, 0.3) is 5.67 Å². The average Bonchev–Trinajstić information content (AvgIpc) is 2.92. The standard InChI is InChI=1S/C29H50FNO10/c1-11-19-29(8,37)23(35)16(4)20(32)14(2)13-27(6,38-10)24(17(5)22(34)28(7,30)26(36)40-19)41-25-21(33)18(31-9)12-15(3)39-25/h14-19,21,23-25,31,33,35,37H,11-13H2,1-10H3/t14-,15-,16+,17+,18+,19-,21-,23-,24-,25+,27-,28+,29-/m1/s1. The largest absolute Gasteiger partial charge is 0.457 e. The van der Waals surface area contributed by atoms with Gasteiger partial charge in [-0.25, -0.2) is 9.18 Å². The number of esters is 1. The van der Waals surface area contributed by atoms with Crippen molar-refractivity contribution >= 4 is 17.5 Å². The SMILES string of the molecule is CC[C@H]1OC(=O)[C@@](C)(F)C(=O)[C@H](C)[C@@H](O[C@@H]2O[C@H](C)C[C@H](NC)[C@H]2O)[C@](C)(OC)C[C@@H](C)C(=O)[C@H](C)[C@@H](O)[C@]1(C)O. The molecule has 0 saturated carbocycles. The molecular formula is C29H50FNO10. The first-order valence-corrected chi connectivity index (χ1v) is 14.4. The molecule has 11 nitrogen and oxygen atoms in total. The Hall–Kier alpha value is -1.54. The smallest absolute Gasteiger partial charge is 0.351 e. The first-order valence-electron chi connectivity index (χ1n) is 14.4. The highest BCUT2D eigenvalue weighted by Gasteiger charge is 2.55. The summed E-state index contributed by atoms with van der Waals surface area (Å²) in [6.07, 6.45) is -6.70. The van der Waals surface area contributed by atoms with Crippen LogP contribution >= 0.6 is 0 Å². The van der Waals surface area contributed by atoms with Gasteiger partial charge in [-0.3, -0.25) is 9.59 Å². The zero-order valence-corrected chi connectivity index (χ0v) is 26.0. The number of cyclic esters (lactones) is 1. The number of methoxy groups -OCH3 is 1. The number of rotatable bonds is 5. The molecular weight excluding hydrogens is 541 g/mol. The summed E-state index contributed by atoms with van der Waals surface area (Å²) in [6, 6.07) is -0.398. The van der Waals surface area contributed by atoms with E-state index in [1.54, 1.807) is 34.7 Å². The van der Waals surface area contributed by atoms with Gasteiger partial charge < -0.3 is 39.6 Å². The van der Waals surface area contributed by atoms with Crippen molar-refractivity contribution in [1.82, 2.24) is 5.32 Å². The van der Waals surface area contributed by atoms with Crippen LogP contribution in [0, 0.1) is 17.8 Å². The van der Waals surface area contributed by atoms with E-state index in [0.717, 1.165) is 6.92 Å². The Kier molecular flexibility index (Phi) is 11.7. The summed E-state index contributed by atoms with van der Waals surface area (Å²) >= 11 is 0. The summed E-state index contributed by atoms with van der Waals surface area (Å²) in [7, 11) is 3.03. The fourth-order valence-electron chi connectivity index (χ4n) is 6.23. The maximum absolute atomic E-state index is 16.1. The first-order chi connectivity index (χ1) is 18.8. The lowest BCUT2D eigenvalue weighted by molar-refractivity contribution is -0.290. The van der Waals surface area contributed by atoms with Crippen molar-refractivity contribution in [3.63, 3.8) is 0 Å². The van der Waals surface area contributed by atoms with E-state index in [1.807, 2.05) is 0 Å². The van der Waals surface area contributed by atoms with Crippen LogP contribution in [0.15, 0.2) is 0 Å². The van der Waals surface area contributed by atoms with E-state index in [0.29, 0.717) is 6.42 Å². The highest BCUT2D eigenvalue weighted by atomic mass is 19.1. The Balaban J connectivity index is 2.67. The van der Waals surface area contributed by atoms with Crippen molar-refractivity contribution in [3.8, 4) is 0 Å². The monoisotopic (exact) mass is 591 g/mol. The minimum Gasteiger partial charge on any atom is -0.457 e. The zero-order valence-electron chi connectivity index (χ0n) is 26.0. The van der Waals surface area contributed by atoms with E-state index in [4.69, 9.17) is 18.9 Å². The number of aliphatic hydroxyl groups is 3. The van der Waals surface area contributed by atoms with Crippen LogP contribution in [0.3, 0.4) is 0 Å². The van der Waals surface area contributed by atoms with Gasteiger partial charge in [-0.1, -0.05) is 27.7 Å². The average molecular weight is 592 g/mol. The van der Waals surface area contributed by atoms with Crippen molar-refractivity contribution in [1.29, 1.82) is 0 Å². The van der Waals surface area contributed by atoms with E-state index >= 15 is 4.39 Å². The molecule has 0 aromatic rings. The Morgan fingerprint density at radius 2 is 1.66 bits per heavy atom. The lowest BCUT2D eigenvalue weighted by Crippen LogP contribution is -2.61. The fourth-order valence-corrected chi connectivity index (χ4v) is 6.23. The van der Waals surface area contributed by atoms with Crippen LogP contribution in [0.4, 0.5) is 4.39 Å². The van der Waals surface area contributed by atoms with Gasteiger partial charge in [0.1, 0.15) is 23.6 Å². The van der Waals surface area contributed by atoms with Crippen molar-refractivity contribution in [2.75, 3.05) is 14.2 Å². The molecule has 0 radical (unpaired) electrons. The lowest BCUT2D eigenvalue weighted by Gasteiger charge is -2.46. The van der Waals surface area contributed by atoms with Gasteiger partial charge in [0.05, 0.1) is 23.9 Å². The molecule has 0 bridgehead atoms. The van der Waals surface area contributed by atoms with Crippen molar-refractivity contribution in [2.24, 2.45) is 17.8 Å². The summed E-state index contributed by atoms with van der Waals surface area (Å²) in [6.45, 7) is 11.4. The predicted molar refractivity (Wildman–Crippen MR) is 147 cm³/mol. The van der Waals surface area contributed by atoms with Gasteiger partial charge in [0, 0.05) is 30.9 Å². The minimum absolute atomic E-state index is 0.0265.